The van der Waals surface area contributed by atoms with Gasteiger partial charge in [-0.3, -0.25) is 0 Å². The van der Waals surface area contributed by atoms with Crippen LogP contribution in [0.4, 0.5) is 5.69 Å². The maximum absolute atomic E-state index is 6.69. The molecule has 0 bridgehead atoms. The molecule has 0 aromatic heterocycles. The summed E-state index contributed by atoms with van der Waals surface area (Å²) in [6, 6.07) is 20.2. The van der Waals surface area contributed by atoms with Crippen LogP contribution in [-0.4, -0.2) is 21.5 Å². The number of ether oxygens (including phenoxy) is 1. The van der Waals surface area contributed by atoms with Gasteiger partial charge in [0, 0.05) is 12.1 Å². The Morgan fingerprint density at radius 1 is 0.897 bits per heavy atom. The Labute approximate surface area is 176 Å². The topological polar surface area (TPSA) is 21.7 Å². The van der Waals surface area contributed by atoms with Crippen LogP contribution in [0.15, 0.2) is 65.9 Å². The number of anilines is 1. The van der Waals surface area contributed by atoms with Gasteiger partial charge in [0.25, 0.3) is 0 Å². The lowest BCUT2D eigenvalue weighted by atomic mass is 9.81. The molecule has 4 heteroatoms. The van der Waals surface area contributed by atoms with Crippen molar-refractivity contribution in [2.45, 2.75) is 63.8 Å². The van der Waals surface area contributed by atoms with Gasteiger partial charge in [0.15, 0.2) is 0 Å². The molecule has 1 heterocycles. The maximum Gasteiger partial charge on any atom is 0.241 e. The Balaban J connectivity index is 1.80. The van der Waals surface area contributed by atoms with Gasteiger partial charge in [-0.1, -0.05) is 36.8 Å². The normalized spacial score (nSPS) is 22.3. The average Bonchev–Trinajstić information content (AvgIpc) is 2.73. The van der Waals surface area contributed by atoms with Crippen LogP contribution in [0.25, 0.3) is 0 Å². The predicted octanol–water partition coefficient (Wildman–Crippen LogP) is 6.69. The fraction of sp³-hybridized carbons (Fsp3) is 0.440. The van der Waals surface area contributed by atoms with Crippen molar-refractivity contribution >= 4 is 14.0 Å². The van der Waals surface area contributed by atoms with Crippen LogP contribution in [0, 0.1) is 0 Å². The quantitative estimate of drug-likeness (QED) is 0.515. The van der Waals surface area contributed by atoms with Crippen molar-refractivity contribution in [3.05, 3.63) is 71.5 Å². The van der Waals surface area contributed by atoms with Gasteiger partial charge in [0.1, 0.15) is 5.75 Å². The van der Waals surface area contributed by atoms with E-state index < -0.39 is 8.32 Å². The predicted molar refractivity (Wildman–Crippen MR) is 123 cm³/mol. The zero-order valence-corrected chi connectivity index (χ0v) is 19.2. The molecular weight excluding hydrogens is 374 g/mol. The van der Waals surface area contributed by atoms with Crippen molar-refractivity contribution in [1.82, 2.24) is 0 Å². The smallest absolute Gasteiger partial charge is 0.241 e. The Hall–Kier alpha value is -2.20. The largest absolute Gasteiger partial charge is 0.547 e. The minimum Gasteiger partial charge on any atom is -0.547 e. The average molecular weight is 408 g/mol. The highest BCUT2D eigenvalue weighted by molar-refractivity contribution is 6.70. The molecule has 3 nitrogen and oxygen atoms in total. The molecule has 2 aromatic rings. The standard InChI is InChI=1S/C25H33NO2Si/c1-27-21-16-14-20(15-17-21)26-23-13-9-8-12-22(23)25(28-29(2,3)4)18-24(26)19-10-6-5-7-11-19/h5-7,10-11,14-17,23-24H,8-9,12-13,18H2,1-4H3/t23-,24-/m0/s1. The molecule has 0 N–H and O–H groups in total. The van der Waals surface area contributed by atoms with Crippen molar-refractivity contribution in [3.8, 4) is 5.75 Å². The Kier molecular flexibility index (Phi) is 5.73. The number of methoxy groups -OCH3 is 1. The van der Waals surface area contributed by atoms with Gasteiger partial charge in [0.05, 0.1) is 25.0 Å². The van der Waals surface area contributed by atoms with Gasteiger partial charge in [-0.2, -0.15) is 0 Å². The molecule has 2 aliphatic rings. The molecule has 1 saturated carbocycles. The number of rotatable bonds is 5. The summed E-state index contributed by atoms with van der Waals surface area (Å²) >= 11 is 0. The summed E-state index contributed by atoms with van der Waals surface area (Å²) in [6.45, 7) is 6.89. The molecule has 0 spiro atoms. The van der Waals surface area contributed by atoms with Crippen molar-refractivity contribution in [2.75, 3.05) is 12.0 Å². The number of hydrogen-bond donors (Lipinski definition) is 0. The van der Waals surface area contributed by atoms with Gasteiger partial charge >= 0.3 is 0 Å². The molecule has 0 unspecified atom stereocenters. The molecule has 2 atom stereocenters. The van der Waals surface area contributed by atoms with Crippen molar-refractivity contribution in [1.29, 1.82) is 0 Å². The maximum atomic E-state index is 6.69. The van der Waals surface area contributed by atoms with Crippen LogP contribution in [0.5, 0.6) is 5.75 Å². The second-order valence-electron chi connectivity index (χ2n) is 9.16. The van der Waals surface area contributed by atoms with Crippen LogP contribution >= 0.6 is 0 Å². The first-order chi connectivity index (χ1) is 14.0. The first-order valence-corrected chi connectivity index (χ1v) is 14.3. The second-order valence-corrected chi connectivity index (χ2v) is 13.6. The summed E-state index contributed by atoms with van der Waals surface area (Å²) in [5.74, 6) is 2.19. The fourth-order valence-electron chi connectivity index (χ4n) is 4.79. The van der Waals surface area contributed by atoms with E-state index in [9.17, 15) is 0 Å². The van der Waals surface area contributed by atoms with Crippen LogP contribution in [0.1, 0.15) is 43.7 Å². The number of nitrogens with zero attached hydrogens (tertiary/aromatic N) is 1. The molecular formula is C25H33NO2Si. The highest BCUT2D eigenvalue weighted by atomic mass is 28.4. The summed E-state index contributed by atoms with van der Waals surface area (Å²) < 4.78 is 12.1. The molecule has 1 aliphatic carbocycles. The summed E-state index contributed by atoms with van der Waals surface area (Å²) in [5.41, 5.74) is 4.18. The second kappa shape index (κ2) is 8.27. The van der Waals surface area contributed by atoms with Crippen LogP contribution in [-0.2, 0) is 4.43 Å². The summed E-state index contributed by atoms with van der Waals surface area (Å²) in [4.78, 5) is 2.65. The minimum atomic E-state index is -1.66. The van der Waals surface area contributed by atoms with Crippen molar-refractivity contribution < 1.29 is 9.16 Å². The number of fused-ring (bicyclic) bond motifs is 1. The summed E-state index contributed by atoms with van der Waals surface area (Å²) in [7, 11) is 0.0687. The molecule has 154 valence electrons. The molecule has 1 fully saturated rings. The molecule has 1 aliphatic heterocycles. The zero-order valence-electron chi connectivity index (χ0n) is 18.2. The van der Waals surface area contributed by atoms with Gasteiger partial charge in [-0.15, -0.1) is 0 Å². The first-order valence-electron chi connectivity index (χ1n) is 10.8. The van der Waals surface area contributed by atoms with E-state index in [1.165, 1.54) is 42.7 Å². The van der Waals surface area contributed by atoms with Crippen LogP contribution in [0.3, 0.4) is 0 Å². The molecule has 0 amide bonds. The monoisotopic (exact) mass is 407 g/mol. The zero-order chi connectivity index (χ0) is 20.4. The highest BCUT2D eigenvalue weighted by Crippen LogP contribution is 2.46. The third-order valence-electron chi connectivity index (χ3n) is 5.97. The van der Waals surface area contributed by atoms with Crippen LogP contribution < -0.4 is 9.64 Å². The summed E-state index contributed by atoms with van der Waals surface area (Å²) in [5, 5.41) is 0. The van der Waals surface area contributed by atoms with Crippen molar-refractivity contribution in [2.24, 2.45) is 0 Å². The number of hydrogen-bond acceptors (Lipinski definition) is 3. The van der Waals surface area contributed by atoms with Gasteiger partial charge in [0.2, 0.25) is 8.32 Å². The van der Waals surface area contributed by atoms with Gasteiger partial charge in [-0.05, 0) is 74.3 Å². The fourth-order valence-corrected chi connectivity index (χ4v) is 5.75. The Bertz CT molecular complexity index is 855. The van der Waals surface area contributed by atoms with Gasteiger partial charge < -0.3 is 14.1 Å². The third-order valence-corrected chi connectivity index (χ3v) is 6.83. The van der Waals surface area contributed by atoms with E-state index >= 15 is 0 Å². The first kappa shape index (κ1) is 20.1. The minimum absolute atomic E-state index is 0.294. The van der Waals surface area contributed by atoms with E-state index in [2.05, 4.69) is 79.1 Å². The van der Waals surface area contributed by atoms with E-state index in [1.807, 2.05) is 0 Å². The van der Waals surface area contributed by atoms with Crippen molar-refractivity contribution in [3.63, 3.8) is 0 Å². The Morgan fingerprint density at radius 2 is 1.62 bits per heavy atom. The lowest BCUT2D eigenvalue weighted by Gasteiger charge is -2.48. The third kappa shape index (κ3) is 4.37. The van der Waals surface area contributed by atoms with E-state index in [1.54, 1.807) is 12.7 Å². The molecule has 0 radical (unpaired) electrons. The lowest BCUT2D eigenvalue weighted by molar-refractivity contribution is 0.320. The summed E-state index contributed by atoms with van der Waals surface area (Å²) in [6.07, 6.45) is 5.87. The SMILES string of the molecule is COc1ccc(N2[C@H]3CCCCC3=C(O[Si](C)(C)C)C[C@H]2c2ccccc2)cc1. The highest BCUT2D eigenvalue weighted by Gasteiger charge is 2.39. The van der Waals surface area contributed by atoms with Gasteiger partial charge in [-0.25, -0.2) is 0 Å². The molecule has 4 rings (SSSR count). The lowest BCUT2D eigenvalue weighted by Crippen LogP contribution is -2.46. The van der Waals surface area contributed by atoms with Crippen LogP contribution in [0.2, 0.25) is 19.6 Å². The molecule has 0 saturated heterocycles. The molecule has 2 aromatic carbocycles. The van der Waals surface area contributed by atoms with E-state index in [4.69, 9.17) is 9.16 Å². The van der Waals surface area contributed by atoms with E-state index in [0.717, 1.165) is 12.2 Å². The molecule has 29 heavy (non-hydrogen) atoms. The van der Waals surface area contributed by atoms with E-state index in [0.29, 0.717) is 12.1 Å². The van der Waals surface area contributed by atoms with E-state index in [-0.39, 0.29) is 0 Å². The number of benzene rings is 2. The Morgan fingerprint density at radius 3 is 2.28 bits per heavy atom.